The first-order valence-corrected chi connectivity index (χ1v) is 9.33. The fourth-order valence-corrected chi connectivity index (χ4v) is 3.36. The highest BCUT2D eigenvalue weighted by Crippen LogP contribution is 2.36. The van der Waals surface area contributed by atoms with Crippen LogP contribution in [-0.4, -0.2) is 46.8 Å². The molecule has 0 radical (unpaired) electrons. The van der Waals surface area contributed by atoms with E-state index in [0.717, 1.165) is 16.2 Å². The van der Waals surface area contributed by atoms with Crippen LogP contribution in [0.15, 0.2) is 46.7 Å². The molecule has 2 aromatic carbocycles. The van der Waals surface area contributed by atoms with E-state index in [4.69, 9.17) is 9.47 Å². The number of amides is 1. The second kappa shape index (κ2) is 8.66. The van der Waals surface area contributed by atoms with Gasteiger partial charge in [-0.2, -0.15) is 5.10 Å². The molecule has 3 rings (SSSR count). The molecular formula is C19H20N4O4S. The molecule has 1 aromatic heterocycles. The number of aromatic hydroxyl groups is 1. The number of imidazole rings is 1. The molecular weight excluding hydrogens is 380 g/mol. The standard InChI is InChI=1S/C19H20N4O4S/c1-23-14-7-5-4-6-13(14)21-19(23)28-11-17(24)22-20-10-12-8-15(26-2)18(25)16(9-12)27-3/h4-10,25H,11H2,1-3H3,(H,22,24). The molecule has 9 heteroatoms. The average Bonchev–Trinajstić information content (AvgIpc) is 3.03. The van der Waals surface area contributed by atoms with E-state index in [-0.39, 0.29) is 28.9 Å². The zero-order valence-corrected chi connectivity index (χ0v) is 16.5. The smallest absolute Gasteiger partial charge is 0.250 e. The van der Waals surface area contributed by atoms with Gasteiger partial charge in [-0.25, -0.2) is 10.4 Å². The van der Waals surface area contributed by atoms with Crippen molar-refractivity contribution in [1.82, 2.24) is 15.0 Å². The number of rotatable bonds is 7. The van der Waals surface area contributed by atoms with Crippen molar-refractivity contribution in [1.29, 1.82) is 0 Å². The summed E-state index contributed by atoms with van der Waals surface area (Å²) >= 11 is 1.33. The Morgan fingerprint density at radius 3 is 2.61 bits per heavy atom. The van der Waals surface area contributed by atoms with Gasteiger partial charge in [0.2, 0.25) is 5.75 Å². The van der Waals surface area contributed by atoms with Crippen LogP contribution in [0.2, 0.25) is 0 Å². The number of ether oxygens (including phenoxy) is 2. The number of aryl methyl sites for hydroxylation is 1. The van der Waals surface area contributed by atoms with Gasteiger partial charge in [0.15, 0.2) is 16.7 Å². The number of nitrogens with zero attached hydrogens (tertiary/aromatic N) is 3. The van der Waals surface area contributed by atoms with Crippen LogP contribution in [0, 0.1) is 0 Å². The molecule has 0 bridgehead atoms. The SMILES string of the molecule is COc1cc(C=NNC(=O)CSc2nc3ccccc3n2C)cc(OC)c1O. The summed E-state index contributed by atoms with van der Waals surface area (Å²) in [6.45, 7) is 0. The second-order valence-electron chi connectivity index (χ2n) is 5.80. The zero-order valence-electron chi connectivity index (χ0n) is 15.7. The number of carbonyl (C=O) groups is 1. The summed E-state index contributed by atoms with van der Waals surface area (Å²) in [6.07, 6.45) is 1.45. The molecule has 0 unspecified atom stereocenters. The molecule has 2 N–H and O–H groups in total. The number of nitrogens with one attached hydrogen (secondary N) is 1. The Morgan fingerprint density at radius 2 is 1.96 bits per heavy atom. The number of hydrogen-bond donors (Lipinski definition) is 2. The lowest BCUT2D eigenvalue weighted by Crippen LogP contribution is -2.19. The number of methoxy groups -OCH3 is 2. The number of thioether (sulfide) groups is 1. The molecule has 28 heavy (non-hydrogen) atoms. The summed E-state index contributed by atoms with van der Waals surface area (Å²) in [5, 5.41) is 14.6. The largest absolute Gasteiger partial charge is 0.502 e. The first kappa shape index (κ1) is 19.6. The van der Waals surface area contributed by atoms with Crippen LogP contribution in [0.1, 0.15) is 5.56 Å². The minimum atomic E-state index is -0.258. The maximum Gasteiger partial charge on any atom is 0.250 e. The minimum Gasteiger partial charge on any atom is -0.502 e. The van der Waals surface area contributed by atoms with Gasteiger partial charge < -0.3 is 19.1 Å². The summed E-state index contributed by atoms with van der Waals surface area (Å²) in [5.74, 6) is 0.335. The Labute approximate surface area is 166 Å². The number of para-hydroxylation sites is 2. The highest BCUT2D eigenvalue weighted by atomic mass is 32.2. The Balaban J connectivity index is 1.60. The Kier molecular flexibility index (Phi) is 6.05. The molecule has 8 nitrogen and oxygen atoms in total. The molecule has 0 fully saturated rings. The van der Waals surface area contributed by atoms with Gasteiger partial charge in [0.1, 0.15) is 0 Å². The molecule has 1 amide bonds. The Hall–Kier alpha value is -3.20. The van der Waals surface area contributed by atoms with Crippen molar-refractivity contribution in [2.45, 2.75) is 5.16 Å². The van der Waals surface area contributed by atoms with E-state index in [1.165, 1.54) is 32.2 Å². The molecule has 0 saturated heterocycles. The average molecular weight is 400 g/mol. The van der Waals surface area contributed by atoms with Gasteiger partial charge in [-0.3, -0.25) is 4.79 Å². The zero-order chi connectivity index (χ0) is 20.1. The monoisotopic (exact) mass is 400 g/mol. The lowest BCUT2D eigenvalue weighted by molar-refractivity contribution is -0.118. The fraction of sp³-hybridized carbons (Fsp3) is 0.211. The Bertz CT molecular complexity index is 1010. The van der Waals surface area contributed by atoms with Gasteiger partial charge in [-0.15, -0.1) is 0 Å². The highest BCUT2D eigenvalue weighted by Gasteiger charge is 2.11. The van der Waals surface area contributed by atoms with E-state index in [1.54, 1.807) is 12.1 Å². The van der Waals surface area contributed by atoms with E-state index < -0.39 is 0 Å². The third kappa shape index (κ3) is 4.20. The molecule has 0 spiro atoms. The lowest BCUT2D eigenvalue weighted by atomic mass is 10.2. The summed E-state index contributed by atoms with van der Waals surface area (Å²) in [7, 11) is 4.80. The molecule has 1 heterocycles. The van der Waals surface area contributed by atoms with E-state index in [1.807, 2.05) is 35.9 Å². The van der Waals surface area contributed by atoms with E-state index in [0.29, 0.717) is 5.56 Å². The summed E-state index contributed by atoms with van der Waals surface area (Å²) in [5.41, 5.74) is 4.98. The minimum absolute atomic E-state index is 0.0926. The van der Waals surface area contributed by atoms with Gasteiger partial charge in [-0.05, 0) is 24.3 Å². The van der Waals surface area contributed by atoms with Gasteiger partial charge in [0.25, 0.3) is 5.91 Å². The number of phenolic OH excluding ortho intramolecular Hbond substituents is 1. The number of hydrazone groups is 1. The number of hydrogen-bond acceptors (Lipinski definition) is 7. The van der Waals surface area contributed by atoms with Crippen LogP contribution < -0.4 is 14.9 Å². The molecule has 0 aliphatic heterocycles. The van der Waals surface area contributed by atoms with Gasteiger partial charge in [0.05, 0.1) is 37.2 Å². The van der Waals surface area contributed by atoms with Crippen molar-refractivity contribution in [2.24, 2.45) is 12.1 Å². The quantitative estimate of drug-likeness (QED) is 0.359. The van der Waals surface area contributed by atoms with Gasteiger partial charge in [-0.1, -0.05) is 23.9 Å². The molecule has 0 saturated carbocycles. The van der Waals surface area contributed by atoms with E-state index in [2.05, 4.69) is 15.5 Å². The van der Waals surface area contributed by atoms with Crippen molar-refractivity contribution in [3.8, 4) is 17.2 Å². The third-order valence-electron chi connectivity index (χ3n) is 3.98. The van der Waals surface area contributed by atoms with Crippen LogP contribution >= 0.6 is 11.8 Å². The number of benzene rings is 2. The molecule has 0 aliphatic carbocycles. The molecule has 146 valence electrons. The molecule has 0 atom stereocenters. The van der Waals surface area contributed by atoms with Gasteiger partial charge >= 0.3 is 0 Å². The number of fused-ring (bicyclic) bond motifs is 1. The maximum atomic E-state index is 12.1. The summed E-state index contributed by atoms with van der Waals surface area (Å²) < 4.78 is 12.1. The Morgan fingerprint density at radius 1 is 1.29 bits per heavy atom. The fourth-order valence-electron chi connectivity index (χ4n) is 2.58. The summed E-state index contributed by atoms with van der Waals surface area (Å²) in [4.78, 5) is 16.6. The van der Waals surface area contributed by atoms with Crippen LogP contribution in [0.4, 0.5) is 0 Å². The van der Waals surface area contributed by atoms with Crippen molar-refractivity contribution in [2.75, 3.05) is 20.0 Å². The first-order chi connectivity index (χ1) is 13.5. The predicted octanol–water partition coefficient (Wildman–Crippen LogP) is 2.54. The van der Waals surface area contributed by atoms with Crippen LogP contribution in [0.3, 0.4) is 0 Å². The molecule has 0 aliphatic rings. The maximum absolute atomic E-state index is 12.1. The number of carbonyl (C=O) groups excluding carboxylic acids is 1. The van der Waals surface area contributed by atoms with Crippen molar-refractivity contribution in [3.05, 3.63) is 42.0 Å². The normalized spacial score (nSPS) is 11.1. The van der Waals surface area contributed by atoms with Crippen molar-refractivity contribution < 1.29 is 19.4 Å². The number of phenols is 1. The highest BCUT2D eigenvalue weighted by molar-refractivity contribution is 7.99. The number of aromatic nitrogens is 2. The van der Waals surface area contributed by atoms with Crippen molar-refractivity contribution >= 4 is 34.9 Å². The topological polar surface area (TPSA) is 98.0 Å². The lowest BCUT2D eigenvalue weighted by Gasteiger charge is -2.09. The van der Waals surface area contributed by atoms with E-state index in [9.17, 15) is 9.90 Å². The van der Waals surface area contributed by atoms with Crippen LogP contribution in [0.25, 0.3) is 11.0 Å². The first-order valence-electron chi connectivity index (χ1n) is 8.34. The third-order valence-corrected chi connectivity index (χ3v) is 5.01. The summed E-state index contributed by atoms with van der Waals surface area (Å²) in [6, 6.07) is 11.0. The molecule has 3 aromatic rings. The van der Waals surface area contributed by atoms with Crippen LogP contribution in [0.5, 0.6) is 17.2 Å². The van der Waals surface area contributed by atoms with E-state index >= 15 is 0 Å². The van der Waals surface area contributed by atoms with Crippen LogP contribution in [-0.2, 0) is 11.8 Å². The van der Waals surface area contributed by atoms with Crippen molar-refractivity contribution in [3.63, 3.8) is 0 Å². The predicted molar refractivity (Wildman–Crippen MR) is 108 cm³/mol. The van der Waals surface area contributed by atoms with Gasteiger partial charge in [0, 0.05) is 12.6 Å². The second-order valence-corrected chi connectivity index (χ2v) is 6.74.